The molecule has 18 heavy (non-hydrogen) atoms. The minimum absolute atomic E-state index is 0.0248. The molecule has 2 saturated carbocycles. The van der Waals surface area contributed by atoms with Gasteiger partial charge in [-0.2, -0.15) is 0 Å². The topological polar surface area (TPSA) is 67.1 Å². The van der Waals surface area contributed by atoms with Crippen LogP contribution >= 0.6 is 0 Å². The molecule has 2 aliphatic carbocycles. The molecule has 0 heterocycles. The molecule has 0 bridgehead atoms. The maximum Gasteiger partial charge on any atom is 0.315 e. The number of carbonyl (C=O) groups is 1. The Labute approximate surface area is 110 Å². The molecular formula is C14H27N3O. The summed E-state index contributed by atoms with van der Waals surface area (Å²) in [5, 5.41) is 6.12. The number of hydrogen-bond donors (Lipinski definition) is 3. The van der Waals surface area contributed by atoms with Crippen molar-refractivity contribution in [1.29, 1.82) is 0 Å². The van der Waals surface area contributed by atoms with Crippen LogP contribution in [0.5, 0.6) is 0 Å². The number of nitrogens with two attached hydrogens (primary N) is 1. The van der Waals surface area contributed by atoms with Gasteiger partial charge in [0.15, 0.2) is 0 Å². The predicted octanol–water partition coefficient (Wildman–Crippen LogP) is 2.14. The molecule has 0 atom stereocenters. The van der Waals surface area contributed by atoms with Crippen LogP contribution in [0.4, 0.5) is 4.79 Å². The fraction of sp³-hybridized carbons (Fsp3) is 0.929. The molecule has 0 saturated heterocycles. The second-order valence-corrected chi connectivity index (χ2v) is 5.97. The first-order valence-corrected chi connectivity index (χ1v) is 7.54. The van der Waals surface area contributed by atoms with Crippen molar-refractivity contribution in [3.63, 3.8) is 0 Å². The Morgan fingerprint density at radius 3 is 2.33 bits per heavy atom. The van der Waals surface area contributed by atoms with Crippen molar-refractivity contribution in [2.24, 2.45) is 11.7 Å². The Morgan fingerprint density at radius 1 is 1.00 bits per heavy atom. The lowest BCUT2D eigenvalue weighted by Crippen LogP contribution is -2.44. The van der Waals surface area contributed by atoms with E-state index < -0.39 is 0 Å². The summed E-state index contributed by atoms with van der Waals surface area (Å²) in [6.07, 6.45) is 10.7. The normalized spacial score (nSPS) is 29.8. The van der Waals surface area contributed by atoms with Crippen LogP contribution in [0.15, 0.2) is 0 Å². The van der Waals surface area contributed by atoms with Crippen LogP contribution in [0.25, 0.3) is 0 Å². The first-order valence-electron chi connectivity index (χ1n) is 7.54. The van der Waals surface area contributed by atoms with Crippen molar-refractivity contribution < 1.29 is 4.79 Å². The van der Waals surface area contributed by atoms with Gasteiger partial charge in [-0.3, -0.25) is 0 Å². The highest BCUT2D eigenvalue weighted by Gasteiger charge is 2.20. The molecule has 2 rings (SSSR count). The molecule has 2 fully saturated rings. The lowest BCUT2D eigenvalue weighted by Gasteiger charge is -2.27. The van der Waals surface area contributed by atoms with Gasteiger partial charge in [0, 0.05) is 18.6 Å². The summed E-state index contributed by atoms with van der Waals surface area (Å²) in [5.41, 5.74) is 5.88. The van der Waals surface area contributed by atoms with E-state index >= 15 is 0 Å². The zero-order valence-corrected chi connectivity index (χ0v) is 11.3. The molecule has 4 nitrogen and oxygen atoms in total. The van der Waals surface area contributed by atoms with Gasteiger partial charge in [-0.25, -0.2) is 4.79 Å². The quantitative estimate of drug-likeness (QED) is 0.721. The third-order valence-corrected chi connectivity index (χ3v) is 4.38. The van der Waals surface area contributed by atoms with Gasteiger partial charge in [0.25, 0.3) is 0 Å². The van der Waals surface area contributed by atoms with E-state index in [0.29, 0.717) is 18.0 Å². The maximum absolute atomic E-state index is 11.8. The lowest BCUT2D eigenvalue weighted by molar-refractivity contribution is 0.227. The number of carbonyl (C=O) groups excluding carboxylic acids is 1. The molecule has 0 radical (unpaired) electrons. The molecule has 2 amide bonds. The zero-order valence-electron chi connectivity index (χ0n) is 11.3. The first kappa shape index (κ1) is 13.7. The molecular weight excluding hydrogens is 226 g/mol. The Morgan fingerprint density at radius 2 is 1.67 bits per heavy atom. The van der Waals surface area contributed by atoms with Crippen molar-refractivity contribution in [2.75, 3.05) is 6.54 Å². The van der Waals surface area contributed by atoms with Gasteiger partial charge >= 0.3 is 6.03 Å². The second kappa shape index (κ2) is 6.98. The number of hydrogen-bond acceptors (Lipinski definition) is 2. The number of nitrogens with one attached hydrogen (secondary N) is 2. The second-order valence-electron chi connectivity index (χ2n) is 5.97. The standard InChI is InChI=1S/C14H27N3O/c15-12-8-6-11(7-9-12)10-16-14(18)17-13-4-2-1-3-5-13/h11-13H,1-10,15H2,(H2,16,17,18). The molecule has 0 unspecified atom stereocenters. The highest BCUT2D eigenvalue weighted by molar-refractivity contribution is 5.74. The van der Waals surface area contributed by atoms with Gasteiger partial charge in [0.2, 0.25) is 0 Å². The molecule has 2 aliphatic rings. The van der Waals surface area contributed by atoms with Crippen molar-refractivity contribution in [2.45, 2.75) is 69.9 Å². The number of amides is 2. The fourth-order valence-corrected chi connectivity index (χ4v) is 3.11. The smallest absolute Gasteiger partial charge is 0.315 e. The van der Waals surface area contributed by atoms with Crippen LogP contribution in [0.3, 0.4) is 0 Å². The monoisotopic (exact) mass is 253 g/mol. The van der Waals surface area contributed by atoms with Crippen molar-refractivity contribution in [1.82, 2.24) is 10.6 Å². The summed E-state index contributed by atoms with van der Waals surface area (Å²) in [6, 6.07) is 0.813. The van der Waals surface area contributed by atoms with Gasteiger partial charge in [-0.1, -0.05) is 19.3 Å². The van der Waals surface area contributed by atoms with E-state index in [1.807, 2.05) is 0 Å². The van der Waals surface area contributed by atoms with E-state index in [2.05, 4.69) is 10.6 Å². The highest BCUT2D eigenvalue weighted by atomic mass is 16.2. The van der Waals surface area contributed by atoms with Crippen molar-refractivity contribution in [3.8, 4) is 0 Å². The molecule has 0 spiro atoms. The van der Waals surface area contributed by atoms with Gasteiger partial charge in [-0.15, -0.1) is 0 Å². The first-order chi connectivity index (χ1) is 8.74. The van der Waals surface area contributed by atoms with Crippen LogP contribution < -0.4 is 16.4 Å². The summed E-state index contributed by atoms with van der Waals surface area (Å²) in [7, 11) is 0. The Bertz CT molecular complexity index is 256. The fourth-order valence-electron chi connectivity index (χ4n) is 3.11. The summed E-state index contributed by atoms with van der Waals surface area (Å²) < 4.78 is 0. The summed E-state index contributed by atoms with van der Waals surface area (Å²) in [6.45, 7) is 0.811. The van der Waals surface area contributed by atoms with Crippen LogP contribution in [0.2, 0.25) is 0 Å². The van der Waals surface area contributed by atoms with E-state index in [-0.39, 0.29) is 6.03 Å². The van der Waals surface area contributed by atoms with E-state index in [4.69, 9.17) is 5.73 Å². The minimum Gasteiger partial charge on any atom is -0.338 e. The van der Waals surface area contributed by atoms with Crippen molar-refractivity contribution in [3.05, 3.63) is 0 Å². The summed E-state index contributed by atoms with van der Waals surface area (Å²) in [5.74, 6) is 0.627. The molecule has 0 aliphatic heterocycles. The Hall–Kier alpha value is -0.770. The third-order valence-electron chi connectivity index (χ3n) is 4.38. The Balaban J connectivity index is 1.59. The van der Waals surface area contributed by atoms with E-state index in [1.54, 1.807) is 0 Å². The van der Waals surface area contributed by atoms with Crippen molar-refractivity contribution >= 4 is 6.03 Å². The van der Waals surface area contributed by atoms with E-state index in [0.717, 1.165) is 45.1 Å². The highest BCUT2D eigenvalue weighted by Crippen LogP contribution is 2.22. The van der Waals surface area contributed by atoms with Gasteiger partial charge in [0.1, 0.15) is 0 Å². The summed E-state index contributed by atoms with van der Waals surface area (Å²) in [4.78, 5) is 11.8. The van der Waals surface area contributed by atoms with Gasteiger partial charge in [0.05, 0.1) is 0 Å². The molecule has 104 valence electrons. The number of urea groups is 1. The van der Waals surface area contributed by atoms with Gasteiger partial charge in [-0.05, 0) is 44.4 Å². The lowest BCUT2D eigenvalue weighted by atomic mass is 9.86. The van der Waals surface area contributed by atoms with Crippen LogP contribution in [-0.2, 0) is 0 Å². The van der Waals surface area contributed by atoms with E-state index in [1.165, 1.54) is 19.3 Å². The molecule has 0 aromatic heterocycles. The average molecular weight is 253 g/mol. The molecule has 4 N–H and O–H groups in total. The number of rotatable bonds is 3. The van der Waals surface area contributed by atoms with Crippen LogP contribution in [0, 0.1) is 5.92 Å². The minimum atomic E-state index is 0.0248. The van der Waals surface area contributed by atoms with Crippen LogP contribution in [0.1, 0.15) is 57.8 Å². The average Bonchev–Trinajstić information content (AvgIpc) is 2.39. The molecule has 4 heteroatoms. The maximum atomic E-state index is 11.8. The largest absolute Gasteiger partial charge is 0.338 e. The van der Waals surface area contributed by atoms with Crippen LogP contribution in [-0.4, -0.2) is 24.7 Å². The molecule has 0 aromatic rings. The third kappa shape index (κ3) is 4.48. The zero-order chi connectivity index (χ0) is 12.8. The summed E-state index contributed by atoms with van der Waals surface area (Å²) >= 11 is 0. The van der Waals surface area contributed by atoms with E-state index in [9.17, 15) is 4.79 Å². The molecule has 0 aromatic carbocycles. The predicted molar refractivity (Wildman–Crippen MR) is 73.3 cm³/mol. The SMILES string of the molecule is NC1CCC(CNC(=O)NC2CCCCC2)CC1. The Kier molecular flexibility index (Phi) is 5.29. The van der Waals surface area contributed by atoms with Gasteiger partial charge < -0.3 is 16.4 Å².